The van der Waals surface area contributed by atoms with E-state index in [-0.39, 0.29) is 11.8 Å². The second-order valence-corrected chi connectivity index (χ2v) is 6.13. The van der Waals surface area contributed by atoms with Gasteiger partial charge in [-0.25, -0.2) is 0 Å². The van der Waals surface area contributed by atoms with Crippen molar-refractivity contribution in [2.75, 3.05) is 17.2 Å². The van der Waals surface area contributed by atoms with E-state index < -0.39 is 0 Å². The molecular formula is C19H23N3O. The van der Waals surface area contributed by atoms with Crippen LogP contribution in [0.1, 0.15) is 19.8 Å². The number of carbonyl (C=O) groups excluding carboxylic acids is 1. The first-order valence-corrected chi connectivity index (χ1v) is 8.17. The van der Waals surface area contributed by atoms with E-state index in [1.165, 1.54) is 0 Å². The van der Waals surface area contributed by atoms with Crippen LogP contribution in [0.4, 0.5) is 17.1 Å². The van der Waals surface area contributed by atoms with Gasteiger partial charge in [-0.05, 0) is 62.7 Å². The van der Waals surface area contributed by atoms with Crippen LogP contribution in [-0.2, 0) is 4.79 Å². The largest absolute Gasteiger partial charge is 0.356 e. The molecule has 1 heterocycles. The zero-order valence-corrected chi connectivity index (χ0v) is 13.4. The van der Waals surface area contributed by atoms with Gasteiger partial charge in [-0.2, -0.15) is 0 Å². The van der Waals surface area contributed by atoms with Crippen LogP contribution in [0, 0.1) is 5.92 Å². The number of para-hydroxylation sites is 1. The fraction of sp³-hybridized carbons (Fsp3) is 0.316. The first-order valence-electron chi connectivity index (χ1n) is 8.17. The van der Waals surface area contributed by atoms with E-state index >= 15 is 0 Å². The van der Waals surface area contributed by atoms with Crippen LogP contribution >= 0.6 is 0 Å². The van der Waals surface area contributed by atoms with Gasteiger partial charge >= 0.3 is 0 Å². The summed E-state index contributed by atoms with van der Waals surface area (Å²) in [5.41, 5.74) is 2.90. The van der Waals surface area contributed by atoms with Gasteiger partial charge in [0.15, 0.2) is 0 Å². The molecule has 1 amide bonds. The van der Waals surface area contributed by atoms with Crippen molar-refractivity contribution in [2.45, 2.75) is 25.8 Å². The van der Waals surface area contributed by atoms with Crippen molar-refractivity contribution >= 4 is 23.0 Å². The van der Waals surface area contributed by atoms with Gasteiger partial charge in [0, 0.05) is 29.0 Å². The second-order valence-electron chi connectivity index (χ2n) is 6.13. The smallest absolute Gasteiger partial charge is 0.227 e. The van der Waals surface area contributed by atoms with Crippen LogP contribution in [0.2, 0.25) is 0 Å². The maximum atomic E-state index is 12.3. The molecule has 3 rings (SSSR count). The molecule has 1 aliphatic rings. The summed E-state index contributed by atoms with van der Waals surface area (Å²) in [6.45, 7) is 3.04. The monoisotopic (exact) mass is 309 g/mol. The maximum absolute atomic E-state index is 12.3. The van der Waals surface area contributed by atoms with Crippen molar-refractivity contribution in [3.8, 4) is 0 Å². The normalized spacial score (nSPS) is 20.7. The zero-order valence-electron chi connectivity index (χ0n) is 13.4. The number of amides is 1. The van der Waals surface area contributed by atoms with Crippen LogP contribution in [-0.4, -0.2) is 18.5 Å². The molecular weight excluding hydrogens is 286 g/mol. The van der Waals surface area contributed by atoms with E-state index in [1.54, 1.807) is 0 Å². The van der Waals surface area contributed by atoms with Crippen LogP contribution < -0.4 is 16.0 Å². The molecule has 0 bridgehead atoms. The molecule has 0 aliphatic carbocycles. The summed E-state index contributed by atoms with van der Waals surface area (Å²) in [6.07, 6.45) is 1.81. The maximum Gasteiger partial charge on any atom is 0.227 e. The van der Waals surface area contributed by atoms with Crippen molar-refractivity contribution in [1.29, 1.82) is 0 Å². The van der Waals surface area contributed by atoms with Gasteiger partial charge in [0.25, 0.3) is 0 Å². The summed E-state index contributed by atoms with van der Waals surface area (Å²) in [4.78, 5) is 12.3. The Morgan fingerprint density at radius 2 is 1.65 bits per heavy atom. The Balaban J connectivity index is 1.58. The van der Waals surface area contributed by atoms with Gasteiger partial charge in [-0.15, -0.1) is 0 Å². The molecule has 4 nitrogen and oxygen atoms in total. The van der Waals surface area contributed by atoms with Crippen molar-refractivity contribution in [1.82, 2.24) is 5.32 Å². The molecule has 0 saturated carbocycles. The predicted octanol–water partition coefficient (Wildman–Crippen LogP) is 3.76. The van der Waals surface area contributed by atoms with E-state index in [4.69, 9.17) is 0 Å². The average molecular weight is 309 g/mol. The molecule has 4 heteroatoms. The Bertz CT molecular complexity index is 639. The molecule has 0 aromatic heterocycles. The minimum atomic E-state index is 0.105. The lowest BCUT2D eigenvalue weighted by Gasteiger charge is -2.27. The Morgan fingerprint density at radius 1 is 1.00 bits per heavy atom. The number of piperidine rings is 1. The molecule has 2 aromatic rings. The molecule has 0 spiro atoms. The quantitative estimate of drug-likeness (QED) is 0.806. The SMILES string of the molecule is C[C@H]1C[C@@H](C(=O)Nc2ccc(Nc3ccccc3)cc2)CCN1. The topological polar surface area (TPSA) is 53.2 Å². The van der Waals surface area contributed by atoms with Crippen LogP contribution in [0.25, 0.3) is 0 Å². The number of anilines is 3. The average Bonchev–Trinajstić information content (AvgIpc) is 2.57. The van der Waals surface area contributed by atoms with E-state index in [9.17, 15) is 4.79 Å². The van der Waals surface area contributed by atoms with Crippen molar-refractivity contribution in [2.24, 2.45) is 5.92 Å². The Hall–Kier alpha value is -2.33. The van der Waals surface area contributed by atoms with Gasteiger partial charge in [0.2, 0.25) is 5.91 Å². The number of benzene rings is 2. The number of carbonyl (C=O) groups is 1. The minimum absolute atomic E-state index is 0.105. The third kappa shape index (κ3) is 4.33. The van der Waals surface area contributed by atoms with Gasteiger partial charge < -0.3 is 16.0 Å². The summed E-state index contributed by atoms with van der Waals surface area (Å²) in [7, 11) is 0. The first kappa shape index (κ1) is 15.6. The van der Waals surface area contributed by atoms with Gasteiger partial charge in [0.1, 0.15) is 0 Å². The van der Waals surface area contributed by atoms with Crippen LogP contribution in [0.5, 0.6) is 0 Å². The molecule has 1 aliphatic heterocycles. The molecule has 3 N–H and O–H groups in total. The highest BCUT2D eigenvalue weighted by atomic mass is 16.1. The zero-order chi connectivity index (χ0) is 16.1. The third-order valence-electron chi connectivity index (χ3n) is 4.21. The standard InChI is InChI=1S/C19H23N3O/c1-14-13-15(11-12-20-14)19(23)22-18-9-7-17(8-10-18)21-16-5-3-2-4-6-16/h2-10,14-15,20-21H,11-13H2,1H3,(H,22,23)/t14-,15-/m0/s1. The highest BCUT2D eigenvalue weighted by molar-refractivity contribution is 5.92. The Labute approximate surface area is 137 Å². The van der Waals surface area contributed by atoms with E-state index in [2.05, 4.69) is 22.9 Å². The molecule has 23 heavy (non-hydrogen) atoms. The molecule has 2 aromatic carbocycles. The summed E-state index contributed by atoms with van der Waals surface area (Å²) in [5, 5.41) is 9.73. The van der Waals surface area contributed by atoms with E-state index in [1.807, 2.05) is 54.6 Å². The molecule has 1 saturated heterocycles. The van der Waals surface area contributed by atoms with Crippen LogP contribution in [0.15, 0.2) is 54.6 Å². The molecule has 120 valence electrons. The fourth-order valence-corrected chi connectivity index (χ4v) is 2.94. The highest BCUT2D eigenvalue weighted by Crippen LogP contribution is 2.21. The Morgan fingerprint density at radius 3 is 2.35 bits per heavy atom. The minimum Gasteiger partial charge on any atom is -0.356 e. The number of nitrogens with one attached hydrogen (secondary N) is 3. The second kappa shape index (κ2) is 7.29. The van der Waals surface area contributed by atoms with Gasteiger partial charge in [-0.3, -0.25) is 4.79 Å². The predicted molar refractivity (Wildman–Crippen MR) is 95.0 cm³/mol. The number of hydrogen-bond acceptors (Lipinski definition) is 3. The number of rotatable bonds is 4. The van der Waals surface area contributed by atoms with Gasteiger partial charge in [-0.1, -0.05) is 18.2 Å². The summed E-state index contributed by atoms with van der Waals surface area (Å²) in [5.74, 6) is 0.232. The van der Waals surface area contributed by atoms with Crippen molar-refractivity contribution < 1.29 is 4.79 Å². The lowest BCUT2D eigenvalue weighted by Crippen LogP contribution is -2.40. The highest BCUT2D eigenvalue weighted by Gasteiger charge is 2.24. The summed E-state index contributed by atoms with van der Waals surface area (Å²) < 4.78 is 0. The van der Waals surface area contributed by atoms with Gasteiger partial charge in [0.05, 0.1) is 0 Å². The number of hydrogen-bond donors (Lipinski definition) is 3. The third-order valence-corrected chi connectivity index (χ3v) is 4.21. The molecule has 0 unspecified atom stereocenters. The van der Waals surface area contributed by atoms with Crippen LogP contribution in [0.3, 0.4) is 0 Å². The lowest BCUT2D eigenvalue weighted by atomic mass is 9.92. The molecule has 2 atom stereocenters. The van der Waals surface area contributed by atoms with Crippen molar-refractivity contribution in [3.63, 3.8) is 0 Å². The lowest BCUT2D eigenvalue weighted by molar-refractivity contribution is -0.120. The first-order chi connectivity index (χ1) is 11.2. The van der Waals surface area contributed by atoms with E-state index in [0.29, 0.717) is 6.04 Å². The molecule has 1 fully saturated rings. The summed E-state index contributed by atoms with van der Waals surface area (Å²) in [6, 6.07) is 18.3. The van der Waals surface area contributed by atoms with E-state index in [0.717, 1.165) is 36.4 Å². The fourth-order valence-electron chi connectivity index (χ4n) is 2.94. The van der Waals surface area contributed by atoms with Crippen molar-refractivity contribution in [3.05, 3.63) is 54.6 Å². The summed E-state index contributed by atoms with van der Waals surface area (Å²) >= 11 is 0. The Kier molecular flexibility index (Phi) is 4.93. The molecule has 0 radical (unpaired) electrons.